The van der Waals surface area contributed by atoms with Crippen molar-refractivity contribution in [2.45, 2.75) is 0 Å². The molecule has 4 heterocycles. The molecule has 0 bridgehead atoms. The molecule has 0 aliphatic carbocycles. The van der Waals surface area contributed by atoms with Crippen molar-refractivity contribution >= 4 is 43.6 Å². The maximum absolute atomic E-state index is 5.18. The van der Waals surface area contributed by atoms with Crippen LogP contribution in [-0.4, -0.2) is 24.9 Å². The quantitative estimate of drug-likeness (QED) is 0.151. The summed E-state index contributed by atoms with van der Waals surface area (Å²) in [6, 6.07) is 49.8. The minimum Gasteiger partial charge on any atom is -0.254 e. The van der Waals surface area contributed by atoms with Gasteiger partial charge in [0.15, 0.2) is 11.5 Å². The number of fused-ring (bicyclic) bond motifs is 6. The molecule has 0 saturated carbocycles. The third kappa shape index (κ3) is 4.45. The molecule has 0 spiro atoms. The van der Waals surface area contributed by atoms with E-state index in [1.54, 1.807) is 0 Å². The third-order valence-electron chi connectivity index (χ3n) is 8.51. The Bertz CT molecular complexity index is 2510. The molecule has 0 aliphatic heterocycles. The molecule has 0 atom stereocenters. The first kappa shape index (κ1) is 26.1. The predicted octanol–water partition coefficient (Wildman–Crippen LogP) is 9.94. The van der Waals surface area contributed by atoms with Gasteiger partial charge in [-0.25, -0.2) is 19.9 Å². The van der Waals surface area contributed by atoms with Gasteiger partial charge in [0.1, 0.15) is 0 Å². The van der Waals surface area contributed by atoms with Gasteiger partial charge in [0.05, 0.1) is 28.1 Å². The van der Waals surface area contributed by atoms with Gasteiger partial charge < -0.3 is 0 Å². The van der Waals surface area contributed by atoms with Gasteiger partial charge in [-0.15, -0.1) is 0 Å². The molecule has 0 N–H and O–H groups in total. The summed E-state index contributed by atoms with van der Waals surface area (Å²) in [6.07, 6.45) is 1.82. The first-order chi connectivity index (χ1) is 22.8. The zero-order valence-electron chi connectivity index (χ0n) is 24.7. The fraction of sp³-hybridized carbons (Fsp3) is 0. The Hall–Kier alpha value is -6.33. The first-order valence-corrected chi connectivity index (χ1v) is 15.3. The summed E-state index contributed by atoms with van der Waals surface area (Å²) >= 11 is 0. The molecule has 4 aromatic heterocycles. The van der Waals surface area contributed by atoms with E-state index >= 15 is 0 Å². The molecule has 5 aromatic carbocycles. The minimum absolute atomic E-state index is 0.698. The highest BCUT2D eigenvalue weighted by Crippen LogP contribution is 2.35. The number of benzene rings is 5. The Morgan fingerprint density at radius 2 is 1.00 bits per heavy atom. The summed E-state index contributed by atoms with van der Waals surface area (Å²) < 4.78 is 0. The van der Waals surface area contributed by atoms with E-state index in [9.17, 15) is 0 Å². The van der Waals surface area contributed by atoms with Crippen LogP contribution in [0.15, 0.2) is 152 Å². The minimum atomic E-state index is 0.698. The lowest BCUT2D eigenvalue weighted by Crippen LogP contribution is -1.96. The largest absolute Gasteiger partial charge is 0.254 e. The summed E-state index contributed by atoms with van der Waals surface area (Å²) in [5.41, 5.74) is 9.15. The van der Waals surface area contributed by atoms with Crippen LogP contribution in [0.25, 0.3) is 88.8 Å². The fourth-order valence-electron chi connectivity index (χ4n) is 6.23. The molecule has 9 aromatic rings. The van der Waals surface area contributed by atoms with Crippen molar-refractivity contribution in [1.29, 1.82) is 0 Å². The summed E-state index contributed by atoms with van der Waals surface area (Å²) in [7, 11) is 0. The molecule has 0 amide bonds. The molecule has 0 radical (unpaired) electrons. The number of nitrogens with zero attached hydrogens (tertiary/aromatic N) is 5. The highest BCUT2D eigenvalue weighted by atomic mass is 14.9. The van der Waals surface area contributed by atoms with Crippen LogP contribution in [0.3, 0.4) is 0 Å². The second-order valence-corrected chi connectivity index (χ2v) is 11.3. The van der Waals surface area contributed by atoms with Crippen LogP contribution in [0.4, 0.5) is 0 Å². The SMILES string of the molecule is c1ccc(-c2cc(-c3ccc(-c4nc5nc6c(ccc7cccnc76)cc5c5ccccc45)cc3)nc(-c3ccccc3)n2)cc1. The average molecular weight is 588 g/mol. The average Bonchev–Trinajstić information content (AvgIpc) is 3.14. The fourth-order valence-corrected chi connectivity index (χ4v) is 6.23. The van der Waals surface area contributed by atoms with E-state index in [0.717, 1.165) is 77.3 Å². The Morgan fingerprint density at radius 3 is 1.76 bits per heavy atom. The molecular formula is C41H25N5. The summed E-state index contributed by atoms with van der Waals surface area (Å²) in [5, 5.41) is 5.36. The molecule has 0 fully saturated rings. The van der Waals surface area contributed by atoms with Crippen molar-refractivity contribution in [2.24, 2.45) is 0 Å². The van der Waals surface area contributed by atoms with Gasteiger partial charge in [-0.3, -0.25) is 4.98 Å². The lowest BCUT2D eigenvalue weighted by Gasteiger charge is -2.12. The van der Waals surface area contributed by atoms with Crippen LogP contribution >= 0.6 is 0 Å². The van der Waals surface area contributed by atoms with Gasteiger partial charge in [-0.1, -0.05) is 127 Å². The molecule has 5 nitrogen and oxygen atoms in total. The van der Waals surface area contributed by atoms with Crippen LogP contribution < -0.4 is 0 Å². The van der Waals surface area contributed by atoms with E-state index in [1.165, 1.54) is 0 Å². The third-order valence-corrected chi connectivity index (χ3v) is 8.51. The zero-order chi connectivity index (χ0) is 30.5. The summed E-state index contributed by atoms with van der Waals surface area (Å²) in [5.74, 6) is 0.698. The van der Waals surface area contributed by atoms with E-state index < -0.39 is 0 Å². The number of hydrogen-bond donors (Lipinski definition) is 0. The van der Waals surface area contributed by atoms with Gasteiger partial charge in [0, 0.05) is 50.0 Å². The molecule has 0 unspecified atom stereocenters. The maximum atomic E-state index is 5.18. The smallest absolute Gasteiger partial charge is 0.161 e. The summed E-state index contributed by atoms with van der Waals surface area (Å²) in [6.45, 7) is 0. The van der Waals surface area contributed by atoms with Crippen molar-refractivity contribution in [3.05, 3.63) is 152 Å². The molecule has 46 heavy (non-hydrogen) atoms. The van der Waals surface area contributed by atoms with Crippen molar-refractivity contribution in [2.75, 3.05) is 0 Å². The van der Waals surface area contributed by atoms with E-state index in [0.29, 0.717) is 11.5 Å². The summed E-state index contributed by atoms with van der Waals surface area (Å²) in [4.78, 5) is 24.9. The lowest BCUT2D eigenvalue weighted by atomic mass is 9.99. The monoisotopic (exact) mass is 587 g/mol. The predicted molar refractivity (Wildman–Crippen MR) is 187 cm³/mol. The maximum Gasteiger partial charge on any atom is 0.161 e. The lowest BCUT2D eigenvalue weighted by molar-refractivity contribution is 1.18. The first-order valence-electron chi connectivity index (χ1n) is 15.3. The van der Waals surface area contributed by atoms with E-state index in [-0.39, 0.29) is 0 Å². The number of rotatable bonds is 4. The standard InChI is InChI=1S/C41H25N5/c1-3-10-26(11-4-1)35-25-36(44-40(43-35)30-12-5-2-6-13-30)27-17-19-29(20-18-27)37-33-16-8-7-15-32(33)34-24-31-22-21-28-14-9-23-42-38(28)39(31)46-41(34)45-37/h1-25H. The topological polar surface area (TPSA) is 64.5 Å². The zero-order valence-corrected chi connectivity index (χ0v) is 24.7. The van der Waals surface area contributed by atoms with Gasteiger partial charge in [-0.05, 0) is 23.6 Å². The normalized spacial score (nSPS) is 11.5. The second-order valence-electron chi connectivity index (χ2n) is 11.3. The number of pyridine rings is 3. The van der Waals surface area contributed by atoms with Crippen molar-refractivity contribution < 1.29 is 0 Å². The van der Waals surface area contributed by atoms with Crippen LogP contribution in [0, 0.1) is 0 Å². The highest BCUT2D eigenvalue weighted by Gasteiger charge is 2.15. The van der Waals surface area contributed by atoms with E-state index in [1.807, 2.05) is 60.8 Å². The number of aromatic nitrogens is 5. The van der Waals surface area contributed by atoms with Gasteiger partial charge in [0.2, 0.25) is 0 Å². The van der Waals surface area contributed by atoms with Crippen LogP contribution in [-0.2, 0) is 0 Å². The van der Waals surface area contributed by atoms with Crippen molar-refractivity contribution in [1.82, 2.24) is 24.9 Å². The molecule has 0 saturated heterocycles. The highest BCUT2D eigenvalue weighted by molar-refractivity contribution is 6.14. The van der Waals surface area contributed by atoms with Crippen LogP contribution in [0.5, 0.6) is 0 Å². The molecule has 0 aliphatic rings. The van der Waals surface area contributed by atoms with Crippen LogP contribution in [0.1, 0.15) is 0 Å². The van der Waals surface area contributed by atoms with E-state index in [4.69, 9.17) is 19.9 Å². The Labute approximate surface area is 264 Å². The second kappa shape index (κ2) is 10.7. The Kier molecular flexibility index (Phi) is 6.06. The van der Waals surface area contributed by atoms with Crippen LogP contribution in [0.2, 0.25) is 0 Å². The number of hydrogen-bond acceptors (Lipinski definition) is 5. The molecular weight excluding hydrogens is 562 g/mol. The van der Waals surface area contributed by atoms with E-state index in [2.05, 4.69) is 96.0 Å². The molecule has 5 heteroatoms. The molecule has 214 valence electrons. The van der Waals surface area contributed by atoms with Crippen molar-refractivity contribution in [3.63, 3.8) is 0 Å². The van der Waals surface area contributed by atoms with Gasteiger partial charge in [0.25, 0.3) is 0 Å². The van der Waals surface area contributed by atoms with Gasteiger partial charge >= 0.3 is 0 Å². The van der Waals surface area contributed by atoms with Gasteiger partial charge in [-0.2, -0.15) is 0 Å². The Balaban J connectivity index is 1.19. The van der Waals surface area contributed by atoms with Crippen molar-refractivity contribution in [3.8, 4) is 45.2 Å². The molecule has 9 rings (SSSR count). The Morgan fingerprint density at radius 1 is 0.370 bits per heavy atom.